The highest BCUT2D eigenvalue weighted by Gasteiger charge is 2.20. The van der Waals surface area contributed by atoms with Crippen molar-refractivity contribution < 1.29 is 5.21 Å². The van der Waals surface area contributed by atoms with Crippen LogP contribution in [0.1, 0.15) is 29.8 Å². The van der Waals surface area contributed by atoms with Gasteiger partial charge in [-0.3, -0.25) is 5.10 Å². The van der Waals surface area contributed by atoms with Crippen LogP contribution in [0.4, 0.5) is 0 Å². The second-order valence-electron chi connectivity index (χ2n) is 3.07. The maximum atomic E-state index is 8.73. The lowest BCUT2D eigenvalue weighted by Crippen LogP contribution is -2.11. The van der Waals surface area contributed by atoms with Gasteiger partial charge >= 0.3 is 0 Å². The van der Waals surface area contributed by atoms with E-state index in [0.29, 0.717) is 0 Å². The monoisotopic (exact) mass is 165 g/mol. The highest BCUT2D eigenvalue weighted by molar-refractivity contribution is 6.02. The van der Waals surface area contributed by atoms with Crippen molar-refractivity contribution in [1.29, 1.82) is 0 Å². The molecule has 0 unspecified atom stereocenters. The van der Waals surface area contributed by atoms with Crippen molar-refractivity contribution in [2.45, 2.75) is 26.2 Å². The zero-order valence-corrected chi connectivity index (χ0v) is 6.96. The largest absolute Gasteiger partial charge is 0.411 e. The Labute approximate surface area is 70.3 Å². The normalized spacial score (nSPS) is 19.6. The molecule has 64 valence electrons. The van der Waals surface area contributed by atoms with Gasteiger partial charge in [-0.25, -0.2) is 0 Å². The van der Waals surface area contributed by atoms with Gasteiger partial charge in [0.1, 0.15) is 0 Å². The quantitative estimate of drug-likeness (QED) is 0.448. The highest BCUT2D eigenvalue weighted by atomic mass is 16.4. The predicted octanol–water partition coefficient (Wildman–Crippen LogP) is 1.23. The van der Waals surface area contributed by atoms with E-state index in [4.69, 9.17) is 5.21 Å². The van der Waals surface area contributed by atoms with Gasteiger partial charge in [-0.1, -0.05) is 5.16 Å². The summed E-state index contributed by atoms with van der Waals surface area (Å²) in [5.74, 6) is 0. The van der Waals surface area contributed by atoms with E-state index in [1.807, 2.05) is 6.92 Å². The summed E-state index contributed by atoms with van der Waals surface area (Å²) >= 11 is 0. The Morgan fingerprint density at radius 3 is 3.08 bits per heavy atom. The molecule has 1 aliphatic rings. The number of aryl methyl sites for hydroxylation is 2. The molecule has 1 aromatic rings. The molecule has 12 heavy (non-hydrogen) atoms. The topological polar surface area (TPSA) is 61.3 Å². The second-order valence-corrected chi connectivity index (χ2v) is 3.07. The molecule has 0 aromatic carbocycles. The van der Waals surface area contributed by atoms with Crippen molar-refractivity contribution in [2.75, 3.05) is 0 Å². The third-order valence-corrected chi connectivity index (χ3v) is 2.26. The second kappa shape index (κ2) is 2.62. The van der Waals surface area contributed by atoms with Crippen molar-refractivity contribution in [3.05, 3.63) is 17.0 Å². The number of H-pyrrole nitrogens is 1. The fraction of sp³-hybridized carbons (Fsp3) is 0.500. The SMILES string of the molecule is Cc1[nH]nc2c1/C(=N/O)CCC2. The molecule has 2 rings (SSSR count). The van der Waals surface area contributed by atoms with Crippen LogP contribution in [-0.2, 0) is 6.42 Å². The van der Waals surface area contributed by atoms with Gasteiger partial charge in [-0.15, -0.1) is 0 Å². The molecule has 0 spiro atoms. The van der Waals surface area contributed by atoms with Gasteiger partial charge in [0.25, 0.3) is 0 Å². The summed E-state index contributed by atoms with van der Waals surface area (Å²) in [7, 11) is 0. The average Bonchev–Trinajstić information content (AvgIpc) is 2.48. The van der Waals surface area contributed by atoms with Crippen molar-refractivity contribution >= 4 is 5.71 Å². The Morgan fingerprint density at radius 1 is 1.50 bits per heavy atom. The summed E-state index contributed by atoms with van der Waals surface area (Å²) in [6.07, 6.45) is 2.86. The number of aromatic nitrogens is 2. The van der Waals surface area contributed by atoms with Crippen LogP contribution < -0.4 is 0 Å². The number of rotatable bonds is 0. The molecule has 0 radical (unpaired) electrons. The Bertz CT molecular complexity index is 327. The lowest BCUT2D eigenvalue weighted by atomic mass is 9.94. The number of hydrogen-bond donors (Lipinski definition) is 2. The molecule has 4 heteroatoms. The Hall–Kier alpha value is -1.32. The van der Waals surface area contributed by atoms with Crippen LogP contribution in [-0.4, -0.2) is 21.1 Å². The van der Waals surface area contributed by atoms with Crippen LogP contribution in [0.5, 0.6) is 0 Å². The molecule has 0 atom stereocenters. The van der Waals surface area contributed by atoms with Crippen LogP contribution in [0.2, 0.25) is 0 Å². The molecular weight excluding hydrogens is 154 g/mol. The summed E-state index contributed by atoms with van der Waals surface area (Å²) in [4.78, 5) is 0. The van der Waals surface area contributed by atoms with Gasteiger partial charge in [-0.2, -0.15) is 5.10 Å². The first kappa shape index (κ1) is 7.34. The minimum absolute atomic E-state index is 0.766. The molecule has 0 saturated heterocycles. The molecule has 2 N–H and O–H groups in total. The van der Waals surface area contributed by atoms with Gasteiger partial charge < -0.3 is 5.21 Å². The number of hydrogen-bond acceptors (Lipinski definition) is 3. The zero-order valence-electron chi connectivity index (χ0n) is 6.96. The number of aromatic amines is 1. The van der Waals surface area contributed by atoms with Gasteiger partial charge in [-0.05, 0) is 26.2 Å². The van der Waals surface area contributed by atoms with E-state index in [1.165, 1.54) is 0 Å². The van der Waals surface area contributed by atoms with E-state index in [9.17, 15) is 0 Å². The highest BCUT2D eigenvalue weighted by Crippen LogP contribution is 2.21. The van der Waals surface area contributed by atoms with E-state index < -0.39 is 0 Å². The number of oxime groups is 1. The molecule has 1 aromatic heterocycles. The summed E-state index contributed by atoms with van der Waals surface area (Å²) in [6.45, 7) is 1.95. The van der Waals surface area contributed by atoms with Gasteiger partial charge in [0.05, 0.1) is 11.4 Å². The van der Waals surface area contributed by atoms with Crippen molar-refractivity contribution in [3.63, 3.8) is 0 Å². The van der Waals surface area contributed by atoms with Gasteiger partial charge in [0, 0.05) is 11.3 Å². The van der Waals surface area contributed by atoms with E-state index in [1.54, 1.807) is 0 Å². The van der Waals surface area contributed by atoms with Gasteiger partial charge in [0.15, 0.2) is 0 Å². The molecule has 0 bridgehead atoms. The van der Waals surface area contributed by atoms with E-state index in [-0.39, 0.29) is 0 Å². The fourth-order valence-electron chi connectivity index (χ4n) is 1.69. The van der Waals surface area contributed by atoms with Crippen LogP contribution >= 0.6 is 0 Å². The first-order chi connectivity index (χ1) is 5.83. The molecule has 1 heterocycles. The average molecular weight is 165 g/mol. The van der Waals surface area contributed by atoms with Crippen LogP contribution in [0.3, 0.4) is 0 Å². The Balaban J connectivity index is 2.55. The third kappa shape index (κ3) is 0.913. The van der Waals surface area contributed by atoms with Crippen LogP contribution in [0, 0.1) is 6.92 Å². The van der Waals surface area contributed by atoms with E-state index in [2.05, 4.69) is 15.4 Å². The van der Waals surface area contributed by atoms with Crippen molar-refractivity contribution in [2.24, 2.45) is 5.16 Å². The first-order valence-electron chi connectivity index (χ1n) is 4.08. The Morgan fingerprint density at radius 2 is 2.33 bits per heavy atom. The van der Waals surface area contributed by atoms with Crippen LogP contribution in [0.15, 0.2) is 5.16 Å². The number of nitrogens with zero attached hydrogens (tertiary/aromatic N) is 2. The fourth-order valence-corrected chi connectivity index (χ4v) is 1.69. The summed E-state index contributed by atoms with van der Waals surface area (Å²) in [5, 5.41) is 19.0. The third-order valence-electron chi connectivity index (χ3n) is 2.26. The minimum Gasteiger partial charge on any atom is -0.411 e. The molecule has 1 aliphatic carbocycles. The predicted molar refractivity (Wildman–Crippen MR) is 44.6 cm³/mol. The smallest absolute Gasteiger partial charge is 0.0904 e. The van der Waals surface area contributed by atoms with E-state index >= 15 is 0 Å². The molecule has 0 amide bonds. The summed E-state index contributed by atoms with van der Waals surface area (Å²) in [6, 6.07) is 0. The van der Waals surface area contributed by atoms with Crippen LogP contribution in [0.25, 0.3) is 0 Å². The minimum atomic E-state index is 0.766. The standard InChI is InChI=1S/C8H11N3O/c1-5-8-6(10-9-5)3-2-4-7(8)11-12/h12H,2-4H2,1H3,(H,9,10)/b11-7+. The maximum absolute atomic E-state index is 8.73. The zero-order chi connectivity index (χ0) is 8.55. The molecular formula is C8H11N3O. The Kier molecular flexibility index (Phi) is 1.60. The van der Waals surface area contributed by atoms with Crippen molar-refractivity contribution in [3.8, 4) is 0 Å². The maximum Gasteiger partial charge on any atom is 0.0904 e. The molecule has 4 nitrogen and oxygen atoms in total. The summed E-state index contributed by atoms with van der Waals surface area (Å²) in [5.41, 5.74) is 3.82. The van der Waals surface area contributed by atoms with Gasteiger partial charge in [0.2, 0.25) is 0 Å². The summed E-state index contributed by atoms with van der Waals surface area (Å²) < 4.78 is 0. The lowest BCUT2D eigenvalue weighted by Gasteiger charge is -2.10. The first-order valence-corrected chi connectivity index (χ1v) is 4.08. The van der Waals surface area contributed by atoms with E-state index in [0.717, 1.165) is 41.9 Å². The molecule has 0 aliphatic heterocycles. The lowest BCUT2D eigenvalue weighted by molar-refractivity contribution is 0.317. The number of nitrogens with one attached hydrogen (secondary N) is 1. The molecule has 0 fully saturated rings. The molecule has 0 saturated carbocycles. The van der Waals surface area contributed by atoms with Crippen molar-refractivity contribution in [1.82, 2.24) is 10.2 Å². The number of fused-ring (bicyclic) bond motifs is 1.